The first-order chi connectivity index (χ1) is 14.8. The van der Waals surface area contributed by atoms with Gasteiger partial charge in [0.05, 0.1) is 25.8 Å². The molecule has 5 rings (SSSR count). The van der Waals surface area contributed by atoms with Crippen molar-refractivity contribution in [2.24, 2.45) is 0 Å². The summed E-state index contributed by atoms with van der Waals surface area (Å²) < 4.78 is 11.7. The Morgan fingerprint density at radius 2 is 1.87 bits per heavy atom. The number of carbonyl (C=O) groups excluding carboxylic acids is 1. The number of aryl methyl sites for hydroxylation is 1. The minimum atomic E-state index is 0.154. The first-order valence-electron chi connectivity index (χ1n) is 11.4. The average molecular weight is 408 g/mol. The summed E-state index contributed by atoms with van der Waals surface area (Å²) in [5.74, 6) is 1.84. The number of quaternary nitrogens is 1. The molecule has 1 saturated heterocycles. The first kappa shape index (κ1) is 19.4. The van der Waals surface area contributed by atoms with E-state index in [0.717, 1.165) is 56.6 Å². The summed E-state index contributed by atoms with van der Waals surface area (Å²) in [7, 11) is 0. The molecule has 30 heavy (non-hydrogen) atoms. The predicted octanol–water partition coefficient (Wildman–Crippen LogP) is 2.76. The number of benzene rings is 2. The quantitative estimate of drug-likeness (QED) is 0.820. The molecule has 1 aliphatic carbocycles. The maximum atomic E-state index is 13.0. The van der Waals surface area contributed by atoms with Crippen LogP contribution < -0.4 is 19.7 Å². The molecular weight excluding hydrogens is 376 g/mol. The summed E-state index contributed by atoms with van der Waals surface area (Å²) in [6, 6.07) is 15.3. The molecule has 0 saturated carbocycles. The molecule has 1 amide bonds. The predicted molar refractivity (Wildman–Crippen MR) is 115 cm³/mol. The first-order valence-corrected chi connectivity index (χ1v) is 11.4. The SMILES string of the molecule is O=C(C[NH+]1CCC[C@@H]1c1ccc2c(c1)OCCCO2)N[C@@H]1CCCc2ccccc21. The van der Waals surface area contributed by atoms with E-state index >= 15 is 0 Å². The Labute approximate surface area is 178 Å². The molecule has 0 spiro atoms. The van der Waals surface area contributed by atoms with Gasteiger partial charge in [-0.1, -0.05) is 24.3 Å². The van der Waals surface area contributed by atoms with Crippen molar-refractivity contribution in [2.45, 2.75) is 50.6 Å². The van der Waals surface area contributed by atoms with Crippen molar-refractivity contribution >= 4 is 5.91 Å². The zero-order valence-corrected chi connectivity index (χ0v) is 17.5. The second kappa shape index (κ2) is 8.68. The van der Waals surface area contributed by atoms with E-state index in [1.165, 1.54) is 21.6 Å². The summed E-state index contributed by atoms with van der Waals surface area (Å²) >= 11 is 0. The van der Waals surface area contributed by atoms with Crippen molar-refractivity contribution < 1.29 is 19.2 Å². The lowest BCUT2D eigenvalue weighted by Gasteiger charge is -2.27. The number of rotatable bonds is 4. The average Bonchev–Trinajstić information content (AvgIpc) is 3.09. The van der Waals surface area contributed by atoms with Crippen LogP contribution in [-0.2, 0) is 11.2 Å². The normalized spacial score (nSPS) is 25.3. The van der Waals surface area contributed by atoms with Crippen molar-refractivity contribution in [3.8, 4) is 11.5 Å². The second-order valence-electron chi connectivity index (χ2n) is 8.75. The summed E-state index contributed by atoms with van der Waals surface area (Å²) in [4.78, 5) is 14.3. The van der Waals surface area contributed by atoms with Crippen LogP contribution in [0.3, 0.4) is 0 Å². The number of nitrogens with one attached hydrogen (secondary N) is 2. The molecule has 2 heterocycles. The molecule has 0 aromatic heterocycles. The highest BCUT2D eigenvalue weighted by Gasteiger charge is 2.33. The van der Waals surface area contributed by atoms with Crippen LogP contribution >= 0.6 is 0 Å². The molecule has 1 fully saturated rings. The van der Waals surface area contributed by atoms with Crippen LogP contribution in [0.15, 0.2) is 42.5 Å². The second-order valence-corrected chi connectivity index (χ2v) is 8.75. The monoisotopic (exact) mass is 407 g/mol. The maximum Gasteiger partial charge on any atom is 0.275 e. The number of amides is 1. The van der Waals surface area contributed by atoms with E-state index in [2.05, 4.69) is 41.7 Å². The molecule has 3 aliphatic rings. The molecule has 5 nitrogen and oxygen atoms in total. The molecule has 5 heteroatoms. The molecule has 158 valence electrons. The number of likely N-dealkylation sites (tertiary alicyclic amines) is 1. The van der Waals surface area contributed by atoms with E-state index < -0.39 is 0 Å². The zero-order valence-electron chi connectivity index (χ0n) is 17.5. The van der Waals surface area contributed by atoms with Crippen LogP contribution in [0.5, 0.6) is 11.5 Å². The highest BCUT2D eigenvalue weighted by molar-refractivity contribution is 5.77. The van der Waals surface area contributed by atoms with E-state index in [-0.39, 0.29) is 11.9 Å². The van der Waals surface area contributed by atoms with Gasteiger partial charge in [0.15, 0.2) is 18.0 Å². The lowest BCUT2D eigenvalue weighted by Crippen LogP contribution is -3.11. The molecule has 0 radical (unpaired) electrons. The third kappa shape index (κ3) is 4.04. The Morgan fingerprint density at radius 1 is 1.00 bits per heavy atom. The van der Waals surface area contributed by atoms with Crippen LogP contribution in [0.1, 0.15) is 60.9 Å². The molecule has 3 atom stereocenters. The van der Waals surface area contributed by atoms with Gasteiger partial charge in [0.25, 0.3) is 5.91 Å². The molecule has 2 aliphatic heterocycles. The van der Waals surface area contributed by atoms with E-state index in [4.69, 9.17) is 9.47 Å². The van der Waals surface area contributed by atoms with Crippen molar-refractivity contribution in [3.05, 3.63) is 59.2 Å². The number of fused-ring (bicyclic) bond motifs is 2. The summed E-state index contributed by atoms with van der Waals surface area (Å²) in [6.45, 7) is 2.96. The van der Waals surface area contributed by atoms with E-state index in [0.29, 0.717) is 25.8 Å². The van der Waals surface area contributed by atoms with Gasteiger partial charge >= 0.3 is 0 Å². The lowest BCUT2D eigenvalue weighted by atomic mass is 9.88. The smallest absolute Gasteiger partial charge is 0.275 e. The van der Waals surface area contributed by atoms with Crippen molar-refractivity contribution in [3.63, 3.8) is 0 Å². The van der Waals surface area contributed by atoms with Crippen molar-refractivity contribution in [2.75, 3.05) is 26.3 Å². The Morgan fingerprint density at radius 3 is 2.80 bits per heavy atom. The fourth-order valence-electron chi connectivity index (χ4n) is 5.28. The van der Waals surface area contributed by atoms with Crippen LogP contribution in [0.4, 0.5) is 0 Å². The molecular formula is C25H31N2O3+. The van der Waals surface area contributed by atoms with Crippen molar-refractivity contribution in [1.82, 2.24) is 5.32 Å². The molecule has 2 N–H and O–H groups in total. The van der Waals surface area contributed by atoms with Gasteiger partial charge in [-0.2, -0.15) is 0 Å². The molecule has 2 aromatic carbocycles. The zero-order chi connectivity index (χ0) is 20.3. The fourth-order valence-corrected chi connectivity index (χ4v) is 5.28. The standard InChI is InChI=1S/C25H30N2O3/c28-25(26-21-9-3-7-18-6-1-2-8-20(18)21)17-27-13-4-10-22(27)19-11-12-23-24(16-19)30-15-5-14-29-23/h1-2,6,8,11-12,16,21-22H,3-5,7,9-10,13-15,17H2,(H,26,28)/p+1/t21-,22-/m1/s1. The number of hydrogen-bond acceptors (Lipinski definition) is 3. The van der Waals surface area contributed by atoms with Gasteiger partial charge < -0.3 is 19.7 Å². The topological polar surface area (TPSA) is 52.0 Å². The molecule has 2 aromatic rings. The third-order valence-electron chi connectivity index (χ3n) is 6.75. The van der Waals surface area contributed by atoms with Crippen LogP contribution in [-0.4, -0.2) is 32.2 Å². The van der Waals surface area contributed by atoms with Gasteiger partial charge in [-0.3, -0.25) is 4.79 Å². The maximum absolute atomic E-state index is 13.0. The number of hydrogen-bond donors (Lipinski definition) is 2. The van der Waals surface area contributed by atoms with Crippen LogP contribution in [0.2, 0.25) is 0 Å². The Hall–Kier alpha value is -2.53. The number of ether oxygens (including phenoxy) is 2. The fraction of sp³-hybridized carbons (Fsp3) is 0.480. The summed E-state index contributed by atoms with van der Waals surface area (Å²) in [5.41, 5.74) is 3.93. The lowest BCUT2D eigenvalue weighted by molar-refractivity contribution is -0.910. The Balaban J connectivity index is 1.26. The minimum absolute atomic E-state index is 0.154. The number of carbonyl (C=O) groups is 1. The molecule has 0 bridgehead atoms. The summed E-state index contributed by atoms with van der Waals surface area (Å²) in [6.07, 6.45) is 6.45. The van der Waals surface area contributed by atoms with E-state index in [9.17, 15) is 4.79 Å². The van der Waals surface area contributed by atoms with Gasteiger partial charge in [0.2, 0.25) is 0 Å². The largest absolute Gasteiger partial charge is 0.490 e. The Bertz CT molecular complexity index is 913. The van der Waals surface area contributed by atoms with Crippen LogP contribution in [0.25, 0.3) is 0 Å². The van der Waals surface area contributed by atoms with Gasteiger partial charge in [-0.05, 0) is 48.6 Å². The van der Waals surface area contributed by atoms with Crippen molar-refractivity contribution in [1.29, 1.82) is 0 Å². The van der Waals surface area contributed by atoms with Gasteiger partial charge in [0, 0.05) is 24.8 Å². The Kier molecular flexibility index (Phi) is 5.63. The van der Waals surface area contributed by atoms with Gasteiger partial charge in [0.1, 0.15) is 6.04 Å². The van der Waals surface area contributed by atoms with E-state index in [1.807, 2.05) is 6.07 Å². The van der Waals surface area contributed by atoms with Gasteiger partial charge in [-0.25, -0.2) is 0 Å². The highest BCUT2D eigenvalue weighted by Crippen LogP contribution is 2.33. The van der Waals surface area contributed by atoms with Gasteiger partial charge in [-0.15, -0.1) is 0 Å². The highest BCUT2D eigenvalue weighted by atomic mass is 16.5. The van der Waals surface area contributed by atoms with E-state index in [1.54, 1.807) is 0 Å². The third-order valence-corrected chi connectivity index (χ3v) is 6.75. The minimum Gasteiger partial charge on any atom is -0.490 e. The molecule has 1 unspecified atom stereocenters. The summed E-state index contributed by atoms with van der Waals surface area (Å²) in [5, 5.41) is 3.33. The van der Waals surface area contributed by atoms with Crippen LogP contribution in [0, 0.1) is 0 Å².